The van der Waals surface area contributed by atoms with E-state index in [-0.39, 0.29) is 12.2 Å². The minimum Gasteiger partial charge on any atom is -0.409 e. The van der Waals surface area contributed by atoms with Crippen LogP contribution >= 0.6 is 0 Å². The second-order valence-corrected chi connectivity index (χ2v) is 15.6. The fourth-order valence-electron chi connectivity index (χ4n) is 1.98. The third-order valence-electron chi connectivity index (χ3n) is 2.50. The number of hydrogen-bond donors (Lipinski definition) is 2. The Kier molecular flexibility index (Phi) is 5.16. The highest BCUT2D eigenvalue weighted by Crippen LogP contribution is 2.29. The van der Waals surface area contributed by atoms with E-state index in [1.165, 1.54) is 0 Å². The van der Waals surface area contributed by atoms with Gasteiger partial charge in [0.25, 0.3) is 0 Å². The topological polar surface area (TPSA) is 73.9 Å². The molecule has 1 heterocycles. The molecule has 0 spiro atoms. The molecule has 108 valence electrons. The average molecular weight is 294 g/mol. The van der Waals surface area contributed by atoms with E-state index < -0.39 is 29.0 Å². The molecule has 0 aromatic heterocycles. The van der Waals surface area contributed by atoms with Crippen molar-refractivity contribution in [2.24, 2.45) is 5.73 Å². The predicted molar refractivity (Wildman–Crippen MR) is 76.4 cm³/mol. The van der Waals surface area contributed by atoms with Crippen LogP contribution in [-0.4, -0.2) is 52.9 Å². The van der Waals surface area contributed by atoms with Crippen molar-refractivity contribution in [3.63, 3.8) is 0 Å². The van der Waals surface area contributed by atoms with Crippen LogP contribution in [0.25, 0.3) is 0 Å². The largest absolute Gasteiger partial charge is 0.409 e. The van der Waals surface area contributed by atoms with Crippen molar-refractivity contribution in [2.45, 2.75) is 63.9 Å². The second-order valence-electron chi connectivity index (χ2n) is 6.69. The van der Waals surface area contributed by atoms with Crippen LogP contribution in [0.3, 0.4) is 0 Å². The molecule has 1 aliphatic heterocycles. The number of aliphatic hydroxyl groups excluding tert-OH is 1. The Labute approximate surface area is 112 Å². The minimum absolute atomic E-state index is 0.261. The highest BCUT2D eigenvalue weighted by Gasteiger charge is 2.47. The van der Waals surface area contributed by atoms with Crippen molar-refractivity contribution in [1.29, 1.82) is 0 Å². The molecule has 18 heavy (non-hydrogen) atoms. The van der Waals surface area contributed by atoms with Gasteiger partial charge in [-0.3, -0.25) is 0 Å². The summed E-state index contributed by atoms with van der Waals surface area (Å²) < 4.78 is 17.6. The molecular formula is C11H27NO4Si2. The van der Waals surface area contributed by atoms with Crippen molar-refractivity contribution >= 4 is 16.6 Å². The van der Waals surface area contributed by atoms with Gasteiger partial charge in [0.1, 0.15) is 18.3 Å². The van der Waals surface area contributed by atoms with Gasteiger partial charge in [0.15, 0.2) is 22.9 Å². The Hall–Kier alpha value is 0.234. The van der Waals surface area contributed by atoms with Crippen molar-refractivity contribution in [1.82, 2.24) is 0 Å². The van der Waals surface area contributed by atoms with Gasteiger partial charge in [-0.15, -0.1) is 0 Å². The molecule has 0 bridgehead atoms. The molecule has 1 rings (SSSR count). The van der Waals surface area contributed by atoms with E-state index in [0.717, 1.165) is 0 Å². The van der Waals surface area contributed by atoms with Crippen LogP contribution in [0, 0.1) is 0 Å². The SMILES string of the molecule is C[Si](C)(C)O[C@H]1[C@H](O[Si](C)(C)C)[C@@H](CN)O[C@@H]1O. The highest BCUT2D eigenvalue weighted by atomic mass is 28.4. The van der Waals surface area contributed by atoms with Crippen LogP contribution in [0.1, 0.15) is 0 Å². The first-order valence-electron chi connectivity index (χ1n) is 6.43. The second kappa shape index (κ2) is 5.70. The summed E-state index contributed by atoms with van der Waals surface area (Å²) in [6, 6.07) is 0. The third kappa shape index (κ3) is 4.73. The summed E-state index contributed by atoms with van der Waals surface area (Å²) in [5.74, 6) is 0. The Morgan fingerprint density at radius 3 is 1.83 bits per heavy atom. The van der Waals surface area contributed by atoms with Crippen molar-refractivity contribution in [3.8, 4) is 0 Å². The molecule has 0 saturated carbocycles. The van der Waals surface area contributed by atoms with Crippen molar-refractivity contribution in [2.75, 3.05) is 6.54 Å². The maximum absolute atomic E-state index is 9.98. The first-order valence-corrected chi connectivity index (χ1v) is 13.2. The molecule has 0 amide bonds. The molecule has 1 aliphatic rings. The van der Waals surface area contributed by atoms with Crippen LogP contribution in [-0.2, 0) is 13.6 Å². The van der Waals surface area contributed by atoms with E-state index in [9.17, 15) is 5.11 Å². The molecule has 3 N–H and O–H groups in total. The third-order valence-corrected chi connectivity index (χ3v) is 4.46. The van der Waals surface area contributed by atoms with Gasteiger partial charge < -0.3 is 24.4 Å². The standard InChI is InChI=1S/C11H27NO4Si2/c1-17(2,3)15-9-8(7-12)14-11(13)10(9)16-18(4,5)6/h8-11,13H,7,12H2,1-6H3/t8-,9-,10+,11+/m1/s1. The first-order chi connectivity index (χ1) is 8.03. The normalized spacial score (nSPS) is 34.0. The number of aliphatic hydroxyl groups is 1. The van der Waals surface area contributed by atoms with Gasteiger partial charge in [-0.2, -0.15) is 0 Å². The summed E-state index contributed by atoms with van der Waals surface area (Å²) in [4.78, 5) is 0. The van der Waals surface area contributed by atoms with Crippen LogP contribution in [0.15, 0.2) is 0 Å². The van der Waals surface area contributed by atoms with E-state index in [0.29, 0.717) is 6.54 Å². The van der Waals surface area contributed by atoms with Gasteiger partial charge >= 0.3 is 0 Å². The molecule has 0 aromatic rings. The number of hydrogen-bond acceptors (Lipinski definition) is 5. The molecule has 1 saturated heterocycles. The lowest BCUT2D eigenvalue weighted by Crippen LogP contribution is -2.49. The maximum atomic E-state index is 9.98. The number of rotatable bonds is 5. The molecule has 1 fully saturated rings. The molecule has 5 nitrogen and oxygen atoms in total. The minimum atomic E-state index is -1.77. The summed E-state index contributed by atoms with van der Waals surface area (Å²) in [7, 11) is -3.51. The summed E-state index contributed by atoms with van der Waals surface area (Å²) in [6.45, 7) is 12.9. The van der Waals surface area contributed by atoms with Crippen LogP contribution < -0.4 is 5.73 Å². The lowest BCUT2D eigenvalue weighted by atomic mass is 10.1. The zero-order valence-corrected chi connectivity index (χ0v) is 14.3. The smallest absolute Gasteiger partial charge is 0.184 e. The molecule has 0 unspecified atom stereocenters. The number of ether oxygens (including phenoxy) is 1. The van der Waals surface area contributed by atoms with Crippen LogP contribution in [0.5, 0.6) is 0 Å². The van der Waals surface area contributed by atoms with E-state index in [4.69, 9.17) is 19.3 Å². The summed E-state index contributed by atoms with van der Waals surface area (Å²) in [5, 5.41) is 9.98. The molecule has 0 aliphatic carbocycles. The summed E-state index contributed by atoms with van der Waals surface area (Å²) in [5.41, 5.74) is 5.69. The van der Waals surface area contributed by atoms with Crippen molar-refractivity contribution in [3.05, 3.63) is 0 Å². The fourth-order valence-corrected chi connectivity index (χ4v) is 4.15. The lowest BCUT2D eigenvalue weighted by molar-refractivity contribution is -0.121. The van der Waals surface area contributed by atoms with Crippen LogP contribution in [0.2, 0.25) is 39.3 Å². The Bertz CT molecular complexity index is 277. The first kappa shape index (κ1) is 16.3. The Balaban J connectivity index is 2.83. The van der Waals surface area contributed by atoms with E-state index in [1.54, 1.807) is 0 Å². The Morgan fingerprint density at radius 2 is 1.44 bits per heavy atom. The predicted octanol–water partition coefficient (Wildman–Crippen LogP) is 1.10. The van der Waals surface area contributed by atoms with Gasteiger partial charge in [0, 0.05) is 6.54 Å². The Morgan fingerprint density at radius 1 is 1.00 bits per heavy atom. The van der Waals surface area contributed by atoms with Gasteiger partial charge in [-0.1, -0.05) is 0 Å². The molecule has 0 radical (unpaired) electrons. The monoisotopic (exact) mass is 293 g/mol. The molecule has 0 aromatic carbocycles. The quantitative estimate of drug-likeness (QED) is 0.743. The molecule has 4 atom stereocenters. The van der Waals surface area contributed by atoms with Gasteiger partial charge in [-0.25, -0.2) is 0 Å². The van der Waals surface area contributed by atoms with E-state index >= 15 is 0 Å². The van der Waals surface area contributed by atoms with Crippen LogP contribution in [0.4, 0.5) is 0 Å². The zero-order chi connectivity index (χ0) is 14.1. The average Bonchev–Trinajstić information content (AvgIpc) is 2.41. The number of nitrogens with two attached hydrogens (primary N) is 1. The van der Waals surface area contributed by atoms with E-state index in [1.807, 2.05) is 0 Å². The van der Waals surface area contributed by atoms with Gasteiger partial charge in [0.05, 0.1) is 0 Å². The zero-order valence-electron chi connectivity index (χ0n) is 12.3. The molecule has 7 heteroatoms. The van der Waals surface area contributed by atoms with Crippen molar-refractivity contribution < 1.29 is 18.7 Å². The van der Waals surface area contributed by atoms with Gasteiger partial charge in [-0.05, 0) is 39.3 Å². The van der Waals surface area contributed by atoms with Gasteiger partial charge in [0.2, 0.25) is 0 Å². The maximum Gasteiger partial charge on any atom is 0.184 e. The fraction of sp³-hybridized carbons (Fsp3) is 1.00. The lowest BCUT2D eigenvalue weighted by Gasteiger charge is -2.33. The van der Waals surface area contributed by atoms with E-state index in [2.05, 4.69) is 39.3 Å². The molecular weight excluding hydrogens is 266 g/mol. The summed E-state index contributed by atoms with van der Waals surface area (Å²) >= 11 is 0. The highest BCUT2D eigenvalue weighted by molar-refractivity contribution is 6.70. The summed E-state index contributed by atoms with van der Waals surface area (Å²) in [6.07, 6.45) is -1.90.